The molecule has 1 saturated heterocycles. The molecule has 1 fully saturated rings. The third-order valence-corrected chi connectivity index (χ3v) is 5.60. The number of hydrogen-bond donors (Lipinski definition) is 2. The molecule has 27 heavy (non-hydrogen) atoms. The molecule has 1 aromatic rings. The van der Waals surface area contributed by atoms with E-state index in [4.69, 9.17) is 5.11 Å². The fraction of sp³-hybridized carbons (Fsp3) is 0.550. The summed E-state index contributed by atoms with van der Waals surface area (Å²) in [5.74, 6) is -0.400. The van der Waals surface area contributed by atoms with E-state index >= 15 is 0 Å². The van der Waals surface area contributed by atoms with Gasteiger partial charge in [0, 0.05) is 24.3 Å². The van der Waals surface area contributed by atoms with E-state index in [1.165, 1.54) is 0 Å². The van der Waals surface area contributed by atoms with E-state index in [0.29, 0.717) is 17.2 Å². The van der Waals surface area contributed by atoms with Gasteiger partial charge in [0.25, 0.3) is 5.91 Å². The largest absolute Gasteiger partial charge is 0.481 e. The van der Waals surface area contributed by atoms with Gasteiger partial charge in [-0.15, -0.1) is 11.8 Å². The van der Waals surface area contributed by atoms with Gasteiger partial charge in [0.1, 0.15) is 6.04 Å². The molecule has 2 unspecified atom stereocenters. The summed E-state index contributed by atoms with van der Waals surface area (Å²) in [7, 11) is 0. The van der Waals surface area contributed by atoms with Crippen LogP contribution in [0.4, 0.5) is 0 Å². The molecule has 2 rings (SSSR count). The number of rotatable bonds is 6. The second kappa shape index (κ2) is 8.78. The first-order valence-corrected chi connectivity index (χ1v) is 10.2. The number of aliphatic carboxylic acids is 1. The van der Waals surface area contributed by atoms with Gasteiger partial charge >= 0.3 is 5.97 Å². The Balaban J connectivity index is 2.01. The number of hydrogen-bond acceptors (Lipinski definition) is 4. The smallest absolute Gasteiger partial charge is 0.303 e. The monoisotopic (exact) mass is 392 g/mol. The van der Waals surface area contributed by atoms with Crippen LogP contribution in [0.15, 0.2) is 24.3 Å². The van der Waals surface area contributed by atoms with Crippen LogP contribution in [0.3, 0.4) is 0 Å². The van der Waals surface area contributed by atoms with E-state index in [9.17, 15) is 14.4 Å². The van der Waals surface area contributed by atoms with Crippen molar-refractivity contribution in [2.75, 3.05) is 18.2 Å². The normalized spacial score (nSPS) is 18.2. The van der Waals surface area contributed by atoms with Gasteiger partial charge in [-0.1, -0.05) is 39.8 Å². The number of carboxylic acids is 1. The van der Waals surface area contributed by atoms with Crippen LogP contribution in [0, 0.1) is 5.92 Å². The number of nitrogens with one attached hydrogen (secondary N) is 1. The molecule has 1 aromatic carbocycles. The molecule has 0 radical (unpaired) electrons. The molecular formula is C20H28N2O4S. The zero-order chi connectivity index (χ0) is 20.2. The zero-order valence-electron chi connectivity index (χ0n) is 16.3. The van der Waals surface area contributed by atoms with E-state index < -0.39 is 12.0 Å². The summed E-state index contributed by atoms with van der Waals surface area (Å²) in [6, 6.07) is 7.02. The third kappa shape index (κ3) is 5.73. The SMILES string of the molecule is CC(CNC(=O)C1CSCN1C(=O)c1ccc(C(C)(C)C)cc1)CC(=O)O. The first-order chi connectivity index (χ1) is 12.6. The predicted octanol–water partition coefficient (Wildman–Crippen LogP) is 2.73. The average molecular weight is 393 g/mol. The zero-order valence-corrected chi connectivity index (χ0v) is 17.1. The van der Waals surface area contributed by atoms with Crippen molar-refractivity contribution in [1.29, 1.82) is 0 Å². The lowest BCUT2D eigenvalue weighted by atomic mass is 9.86. The van der Waals surface area contributed by atoms with Gasteiger partial charge in [-0.25, -0.2) is 0 Å². The molecule has 148 valence electrons. The van der Waals surface area contributed by atoms with Crippen LogP contribution in [0.1, 0.15) is 50.0 Å². The lowest BCUT2D eigenvalue weighted by Gasteiger charge is -2.24. The molecule has 0 saturated carbocycles. The van der Waals surface area contributed by atoms with Gasteiger partial charge in [0.2, 0.25) is 5.91 Å². The molecule has 1 aliphatic rings. The molecule has 6 nitrogen and oxygen atoms in total. The Kier molecular flexibility index (Phi) is 6.92. The molecule has 0 spiro atoms. The fourth-order valence-corrected chi connectivity index (χ4v) is 4.06. The molecule has 0 aliphatic carbocycles. The van der Waals surface area contributed by atoms with Gasteiger partial charge in [-0.05, 0) is 29.0 Å². The Hall–Kier alpha value is -2.02. The van der Waals surface area contributed by atoms with Crippen molar-refractivity contribution >= 4 is 29.5 Å². The second-order valence-corrected chi connectivity index (χ2v) is 9.07. The number of carboxylic acid groups (broad SMARTS) is 1. The highest BCUT2D eigenvalue weighted by molar-refractivity contribution is 7.99. The average Bonchev–Trinajstić information content (AvgIpc) is 3.07. The minimum Gasteiger partial charge on any atom is -0.481 e. The van der Waals surface area contributed by atoms with Crippen LogP contribution in [-0.4, -0.2) is 52.0 Å². The highest BCUT2D eigenvalue weighted by Crippen LogP contribution is 2.26. The predicted molar refractivity (Wildman–Crippen MR) is 107 cm³/mol. The molecule has 1 heterocycles. The summed E-state index contributed by atoms with van der Waals surface area (Å²) in [5, 5.41) is 11.6. The number of amides is 2. The molecular weight excluding hydrogens is 364 g/mol. The maximum Gasteiger partial charge on any atom is 0.303 e. The quantitative estimate of drug-likeness (QED) is 0.777. The van der Waals surface area contributed by atoms with Gasteiger partial charge in [0.15, 0.2) is 0 Å². The maximum absolute atomic E-state index is 12.9. The van der Waals surface area contributed by atoms with Crippen LogP contribution in [0.25, 0.3) is 0 Å². The van der Waals surface area contributed by atoms with Crippen LogP contribution in [0.2, 0.25) is 0 Å². The van der Waals surface area contributed by atoms with E-state index in [1.807, 2.05) is 24.3 Å². The standard InChI is InChI=1S/C20H28N2O4S/c1-13(9-17(23)24)10-21-18(25)16-11-27-12-22(16)19(26)14-5-7-15(8-6-14)20(2,3)4/h5-8,13,16H,9-12H2,1-4H3,(H,21,25)(H,23,24). The molecule has 7 heteroatoms. The van der Waals surface area contributed by atoms with Crippen molar-refractivity contribution in [2.45, 2.75) is 45.6 Å². The molecule has 0 aromatic heterocycles. The number of carbonyl (C=O) groups is 3. The number of benzene rings is 1. The highest BCUT2D eigenvalue weighted by atomic mass is 32.2. The van der Waals surface area contributed by atoms with Crippen molar-refractivity contribution in [1.82, 2.24) is 10.2 Å². The highest BCUT2D eigenvalue weighted by Gasteiger charge is 2.35. The van der Waals surface area contributed by atoms with Crippen LogP contribution in [0.5, 0.6) is 0 Å². The lowest BCUT2D eigenvalue weighted by molar-refractivity contribution is -0.138. The summed E-state index contributed by atoms with van der Waals surface area (Å²) < 4.78 is 0. The molecule has 0 bridgehead atoms. The van der Waals surface area contributed by atoms with Crippen molar-refractivity contribution in [3.8, 4) is 0 Å². The van der Waals surface area contributed by atoms with Crippen molar-refractivity contribution in [3.63, 3.8) is 0 Å². The molecule has 2 N–H and O–H groups in total. The first kappa shape index (κ1) is 21.3. The minimum atomic E-state index is -0.885. The van der Waals surface area contributed by atoms with Gasteiger partial charge in [-0.3, -0.25) is 14.4 Å². The van der Waals surface area contributed by atoms with Crippen LogP contribution >= 0.6 is 11.8 Å². The van der Waals surface area contributed by atoms with E-state index in [-0.39, 0.29) is 36.1 Å². The maximum atomic E-state index is 12.9. The summed E-state index contributed by atoms with van der Waals surface area (Å²) in [6.07, 6.45) is 0.00245. The Bertz CT molecular complexity index is 697. The number of carbonyl (C=O) groups excluding carboxylic acids is 2. The lowest BCUT2D eigenvalue weighted by Crippen LogP contribution is -2.48. The Morgan fingerprint density at radius 3 is 2.44 bits per heavy atom. The molecule has 2 amide bonds. The molecule has 1 aliphatic heterocycles. The second-order valence-electron chi connectivity index (χ2n) is 8.07. The van der Waals surface area contributed by atoms with Crippen LogP contribution in [-0.2, 0) is 15.0 Å². The Morgan fingerprint density at radius 1 is 1.26 bits per heavy atom. The van der Waals surface area contributed by atoms with Crippen molar-refractivity contribution < 1.29 is 19.5 Å². The summed E-state index contributed by atoms with van der Waals surface area (Å²) in [4.78, 5) is 37.7. The van der Waals surface area contributed by atoms with E-state index in [2.05, 4.69) is 26.1 Å². The topological polar surface area (TPSA) is 86.7 Å². The number of thioether (sulfide) groups is 1. The van der Waals surface area contributed by atoms with Crippen molar-refractivity contribution in [2.24, 2.45) is 5.92 Å². The first-order valence-electron chi connectivity index (χ1n) is 9.08. The molecule has 2 atom stereocenters. The van der Waals surface area contributed by atoms with Gasteiger partial charge in [-0.2, -0.15) is 0 Å². The minimum absolute atomic E-state index is 0.00245. The van der Waals surface area contributed by atoms with Gasteiger partial charge < -0.3 is 15.3 Å². The Labute approximate surface area is 164 Å². The summed E-state index contributed by atoms with van der Waals surface area (Å²) in [6.45, 7) is 8.41. The van der Waals surface area contributed by atoms with Crippen LogP contribution < -0.4 is 5.32 Å². The van der Waals surface area contributed by atoms with E-state index in [1.54, 1.807) is 23.6 Å². The van der Waals surface area contributed by atoms with Gasteiger partial charge in [0.05, 0.1) is 5.88 Å². The third-order valence-electron chi connectivity index (χ3n) is 4.59. The number of nitrogens with zero attached hydrogens (tertiary/aromatic N) is 1. The summed E-state index contributed by atoms with van der Waals surface area (Å²) in [5.41, 5.74) is 1.74. The Morgan fingerprint density at radius 2 is 1.89 bits per heavy atom. The van der Waals surface area contributed by atoms with E-state index in [0.717, 1.165) is 5.56 Å². The summed E-state index contributed by atoms with van der Waals surface area (Å²) >= 11 is 1.54. The van der Waals surface area contributed by atoms with Crippen molar-refractivity contribution in [3.05, 3.63) is 35.4 Å². The fourth-order valence-electron chi connectivity index (χ4n) is 2.90.